The van der Waals surface area contributed by atoms with E-state index in [1.165, 1.54) is 12.3 Å². The molecule has 0 saturated carbocycles. The van der Waals surface area contributed by atoms with Gasteiger partial charge in [0, 0.05) is 31.9 Å². The van der Waals surface area contributed by atoms with Crippen LogP contribution in [0.4, 0.5) is 0 Å². The molecule has 0 radical (unpaired) electrons. The van der Waals surface area contributed by atoms with Crippen LogP contribution < -0.4 is 0 Å². The van der Waals surface area contributed by atoms with E-state index in [1.54, 1.807) is 9.21 Å². The summed E-state index contributed by atoms with van der Waals surface area (Å²) in [6.07, 6.45) is 5.28. The topological polar surface area (TPSA) is 73.5 Å². The highest BCUT2D eigenvalue weighted by Crippen LogP contribution is 2.30. The molecule has 1 aromatic heterocycles. The predicted molar refractivity (Wildman–Crippen MR) is 87.7 cm³/mol. The molecule has 0 aliphatic carbocycles. The minimum absolute atomic E-state index is 0.0487. The van der Waals surface area contributed by atoms with Gasteiger partial charge in [0.1, 0.15) is 10.6 Å². The van der Waals surface area contributed by atoms with Gasteiger partial charge in [-0.2, -0.15) is 4.31 Å². The molecule has 2 saturated heterocycles. The van der Waals surface area contributed by atoms with E-state index in [0.29, 0.717) is 12.2 Å². The van der Waals surface area contributed by atoms with Crippen LogP contribution in [0.2, 0.25) is 0 Å². The summed E-state index contributed by atoms with van der Waals surface area (Å²) in [7, 11) is -3.54. The summed E-state index contributed by atoms with van der Waals surface area (Å²) >= 11 is 0. The van der Waals surface area contributed by atoms with Gasteiger partial charge in [-0.15, -0.1) is 0 Å². The van der Waals surface area contributed by atoms with Gasteiger partial charge in [0.05, 0.1) is 0 Å². The van der Waals surface area contributed by atoms with Gasteiger partial charge in [0.25, 0.3) is 5.91 Å². The zero-order valence-corrected chi connectivity index (χ0v) is 14.6. The number of aromatic nitrogens is 1. The first kappa shape index (κ1) is 16.5. The van der Waals surface area contributed by atoms with Crippen molar-refractivity contribution in [2.75, 3.05) is 19.6 Å². The molecule has 23 heavy (non-hydrogen) atoms. The van der Waals surface area contributed by atoms with E-state index in [2.05, 4.69) is 18.8 Å². The summed E-state index contributed by atoms with van der Waals surface area (Å²) in [4.78, 5) is 17.2. The van der Waals surface area contributed by atoms with Gasteiger partial charge in [0.15, 0.2) is 0 Å². The number of hydrogen-bond acceptors (Lipinski definition) is 3. The summed E-state index contributed by atoms with van der Waals surface area (Å²) < 4.78 is 27.4. The summed E-state index contributed by atoms with van der Waals surface area (Å²) in [5.74, 6) is 0.183. The van der Waals surface area contributed by atoms with E-state index >= 15 is 0 Å². The Hall–Kier alpha value is -1.34. The van der Waals surface area contributed by atoms with Crippen molar-refractivity contribution in [1.29, 1.82) is 0 Å². The SMILES string of the molecule is CC(C)C1CCCN1S(=O)(=O)c1c[nH]c(C(=O)N2CCCC2)c1. The van der Waals surface area contributed by atoms with Crippen LogP contribution >= 0.6 is 0 Å². The molecule has 0 spiro atoms. The van der Waals surface area contributed by atoms with Crippen LogP contribution in [0.3, 0.4) is 0 Å². The van der Waals surface area contributed by atoms with E-state index in [1.807, 2.05) is 0 Å². The van der Waals surface area contributed by atoms with Crippen molar-refractivity contribution in [3.8, 4) is 0 Å². The molecule has 2 aliphatic rings. The van der Waals surface area contributed by atoms with Crippen molar-refractivity contribution < 1.29 is 13.2 Å². The Morgan fingerprint density at radius 3 is 2.57 bits per heavy atom. The lowest BCUT2D eigenvalue weighted by Crippen LogP contribution is -2.38. The number of rotatable bonds is 4. The van der Waals surface area contributed by atoms with Gasteiger partial charge in [-0.1, -0.05) is 13.8 Å². The van der Waals surface area contributed by atoms with Crippen LogP contribution in [-0.4, -0.2) is 54.2 Å². The maximum Gasteiger partial charge on any atom is 0.270 e. The van der Waals surface area contributed by atoms with Crippen LogP contribution in [0.15, 0.2) is 17.2 Å². The average molecular weight is 339 g/mol. The zero-order valence-electron chi connectivity index (χ0n) is 13.8. The van der Waals surface area contributed by atoms with Gasteiger partial charge in [-0.25, -0.2) is 8.42 Å². The van der Waals surface area contributed by atoms with Crippen LogP contribution in [-0.2, 0) is 10.0 Å². The van der Waals surface area contributed by atoms with Gasteiger partial charge >= 0.3 is 0 Å². The molecule has 1 aromatic rings. The molecule has 2 aliphatic heterocycles. The van der Waals surface area contributed by atoms with Gasteiger partial charge in [-0.05, 0) is 37.7 Å². The van der Waals surface area contributed by atoms with Crippen LogP contribution in [0.1, 0.15) is 50.0 Å². The van der Waals surface area contributed by atoms with Crippen molar-refractivity contribution in [2.45, 2.75) is 50.5 Å². The fourth-order valence-electron chi connectivity index (χ4n) is 3.60. The third-order valence-corrected chi connectivity index (χ3v) is 6.81. The molecule has 3 heterocycles. The Labute approximate surface area is 137 Å². The van der Waals surface area contributed by atoms with Crippen LogP contribution in [0, 0.1) is 5.92 Å². The zero-order chi connectivity index (χ0) is 16.6. The molecule has 1 atom stereocenters. The van der Waals surface area contributed by atoms with Crippen molar-refractivity contribution >= 4 is 15.9 Å². The summed E-state index contributed by atoms with van der Waals surface area (Å²) in [5.41, 5.74) is 0.366. The quantitative estimate of drug-likeness (QED) is 0.912. The largest absolute Gasteiger partial charge is 0.356 e. The summed E-state index contributed by atoms with van der Waals surface area (Å²) in [6.45, 7) is 6.17. The summed E-state index contributed by atoms with van der Waals surface area (Å²) in [6, 6.07) is 1.54. The van der Waals surface area contributed by atoms with Crippen molar-refractivity contribution in [3.05, 3.63) is 18.0 Å². The first-order valence-electron chi connectivity index (χ1n) is 8.41. The highest BCUT2D eigenvalue weighted by atomic mass is 32.2. The van der Waals surface area contributed by atoms with Crippen molar-refractivity contribution in [1.82, 2.24) is 14.2 Å². The first-order valence-corrected chi connectivity index (χ1v) is 9.85. The van der Waals surface area contributed by atoms with E-state index in [0.717, 1.165) is 38.8 Å². The Bertz CT molecular complexity index is 674. The Morgan fingerprint density at radius 1 is 1.22 bits per heavy atom. The minimum Gasteiger partial charge on any atom is -0.356 e. The van der Waals surface area contributed by atoms with Gasteiger partial charge in [0.2, 0.25) is 10.0 Å². The number of likely N-dealkylation sites (tertiary alicyclic amines) is 1. The normalized spacial score (nSPS) is 23.1. The van der Waals surface area contributed by atoms with Crippen molar-refractivity contribution in [2.24, 2.45) is 5.92 Å². The number of H-pyrrole nitrogens is 1. The molecule has 0 bridgehead atoms. The van der Waals surface area contributed by atoms with E-state index < -0.39 is 10.0 Å². The summed E-state index contributed by atoms with van der Waals surface area (Å²) in [5, 5.41) is 0. The lowest BCUT2D eigenvalue weighted by Gasteiger charge is -2.26. The maximum absolute atomic E-state index is 12.9. The van der Waals surface area contributed by atoms with E-state index in [9.17, 15) is 13.2 Å². The predicted octanol–water partition coefficient (Wildman–Crippen LogP) is 2.06. The molecule has 7 heteroatoms. The fourth-order valence-corrected chi connectivity index (χ4v) is 5.42. The number of carbonyl (C=O) groups is 1. The standard InChI is InChI=1S/C16H25N3O3S/c1-12(2)15-6-5-9-19(15)23(21,22)13-10-14(17-11-13)16(20)18-7-3-4-8-18/h10-12,15,17H,3-9H2,1-2H3. The second kappa shape index (κ2) is 6.28. The van der Waals surface area contributed by atoms with Gasteiger partial charge < -0.3 is 9.88 Å². The fraction of sp³-hybridized carbons (Fsp3) is 0.688. The second-order valence-electron chi connectivity index (χ2n) is 6.82. The molecular formula is C16H25N3O3S. The lowest BCUT2D eigenvalue weighted by molar-refractivity contribution is 0.0787. The molecule has 128 valence electrons. The highest BCUT2D eigenvalue weighted by Gasteiger charge is 2.37. The smallest absolute Gasteiger partial charge is 0.270 e. The Balaban J connectivity index is 1.82. The third-order valence-electron chi connectivity index (χ3n) is 4.90. The number of carbonyl (C=O) groups excluding carboxylic acids is 1. The minimum atomic E-state index is -3.54. The van der Waals surface area contributed by atoms with Crippen molar-refractivity contribution in [3.63, 3.8) is 0 Å². The number of nitrogens with zero attached hydrogens (tertiary/aromatic N) is 2. The maximum atomic E-state index is 12.9. The number of aromatic amines is 1. The van der Waals surface area contributed by atoms with E-state index in [-0.39, 0.29) is 22.8 Å². The Kier molecular flexibility index (Phi) is 4.51. The van der Waals surface area contributed by atoms with Gasteiger partial charge in [-0.3, -0.25) is 4.79 Å². The monoisotopic (exact) mass is 339 g/mol. The van der Waals surface area contributed by atoms with Crippen LogP contribution in [0.25, 0.3) is 0 Å². The third kappa shape index (κ3) is 3.04. The second-order valence-corrected chi connectivity index (χ2v) is 8.71. The highest BCUT2D eigenvalue weighted by molar-refractivity contribution is 7.89. The number of sulfonamides is 1. The molecule has 1 unspecified atom stereocenters. The molecule has 1 N–H and O–H groups in total. The molecule has 3 rings (SSSR count). The number of hydrogen-bond donors (Lipinski definition) is 1. The van der Waals surface area contributed by atoms with Crippen LogP contribution in [0.5, 0.6) is 0 Å². The average Bonchev–Trinajstić information content (AvgIpc) is 3.25. The molecule has 2 fully saturated rings. The molecule has 6 nitrogen and oxygen atoms in total. The molecular weight excluding hydrogens is 314 g/mol. The van der Waals surface area contributed by atoms with E-state index in [4.69, 9.17) is 0 Å². The number of amides is 1. The number of nitrogens with one attached hydrogen (secondary N) is 1. The molecule has 1 amide bonds. The lowest BCUT2D eigenvalue weighted by atomic mass is 10.0. The Morgan fingerprint density at radius 2 is 1.91 bits per heavy atom. The molecule has 0 aromatic carbocycles. The first-order chi connectivity index (χ1) is 10.9.